The van der Waals surface area contributed by atoms with Crippen molar-refractivity contribution in [3.05, 3.63) is 47.3 Å². The van der Waals surface area contributed by atoms with Crippen LogP contribution < -0.4 is 4.74 Å². The molecule has 0 bridgehead atoms. The molecule has 200 valence electrons. The van der Waals surface area contributed by atoms with Gasteiger partial charge in [0.05, 0.1) is 36.1 Å². The number of hydrogen-bond acceptors (Lipinski definition) is 10. The Kier molecular flexibility index (Phi) is 8.73. The van der Waals surface area contributed by atoms with E-state index in [1.807, 2.05) is 6.92 Å². The van der Waals surface area contributed by atoms with Gasteiger partial charge in [0, 0.05) is 25.6 Å². The molecule has 0 aromatic carbocycles. The van der Waals surface area contributed by atoms with E-state index in [9.17, 15) is 8.42 Å². The minimum Gasteiger partial charge on any atom is -0.481 e. The first-order chi connectivity index (χ1) is 17.7. The van der Waals surface area contributed by atoms with Crippen molar-refractivity contribution in [3.8, 4) is 17.4 Å². The van der Waals surface area contributed by atoms with Crippen molar-refractivity contribution in [2.45, 2.75) is 69.0 Å². The molecule has 1 aliphatic heterocycles. The number of halogens is 1. The minimum absolute atomic E-state index is 0.0998. The zero-order valence-corrected chi connectivity index (χ0v) is 22.8. The summed E-state index contributed by atoms with van der Waals surface area (Å²) in [6, 6.07) is 5.31. The van der Waals surface area contributed by atoms with Crippen molar-refractivity contribution in [1.82, 2.24) is 29.7 Å². The Morgan fingerprint density at radius 1 is 1.19 bits per heavy atom. The smallest absolute Gasteiger partial charge is 0.213 e. The third-order valence-corrected chi connectivity index (χ3v) is 8.64. The summed E-state index contributed by atoms with van der Waals surface area (Å²) in [5.41, 5.74) is 0.525. The van der Waals surface area contributed by atoms with Gasteiger partial charge in [-0.15, -0.1) is 10.2 Å². The molecule has 1 fully saturated rings. The van der Waals surface area contributed by atoms with E-state index < -0.39 is 21.2 Å². The number of rotatable bonds is 10. The Hall–Kier alpha value is -2.67. The lowest BCUT2D eigenvalue weighted by atomic mass is 10.0. The zero-order valence-electron chi connectivity index (χ0n) is 21.2. The average Bonchev–Trinajstić information content (AvgIpc) is 3.26. The molecule has 13 heteroatoms. The molecule has 0 saturated carbocycles. The Morgan fingerprint density at radius 3 is 2.62 bits per heavy atom. The SMILES string of the molecule is COc1cccc(-c2nnc(CS(=O)(=O)[C@@H](C)[C@H](OC)c3ncc(Cl)cn3)n2C[C@H]2CCC[C@H](C)O2)n1. The highest BCUT2D eigenvalue weighted by Crippen LogP contribution is 2.28. The molecule has 4 rings (SSSR count). The first-order valence-corrected chi connectivity index (χ1v) is 14.1. The third-order valence-electron chi connectivity index (χ3n) is 6.41. The molecular weight excluding hydrogens is 520 g/mol. The summed E-state index contributed by atoms with van der Waals surface area (Å²) in [4.78, 5) is 12.8. The van der Waals surface area contributed by atoms with Gasteiger partial charge in [-0.3, -0.25) is 0 Å². The fourth-order valence-electron chi connectivity index (χ4n) is 4.39. The molecular formula is C24H31ClN6O5S. The van der Waals surface area contributed by atoms with E-state index in [4.69, 9.17) is 25.8 Å². The van der Waals surface area contributed by atoms with Crippen LogP contribution >= 0.6 is 11.6 Å². The Labute approximate surface area is 221 Å². The van der Waals surface area contributed by atoms with Gasteiger partial charge in [0.1, 0.15) is 23.4 Å². The van der Waals surface area contributed by atoms with Crippen LogP contribution in [0.15, 0.2) is 30.6 Å². The van der Waals surface area contributed by atoms with Crippen LogP contribution in [0.3, 0.4) is 0 Å². The minimum atomic E-state index is -3.79. The van der Waals surface area contributed by atoms with Gasteiger partial charge in [-0.2, -0.15) is 0 Å². The molecule has 0 aliphatic carbocycles. The van der Waals surface area contributed by atoms with Crippen LogP contribution in [-0.4, -0.2) is 69.8 Å². The summed E-state index contributed by atoms with van der Waals surface area (Å²) >= 11 is 5.89. The van der Waals surface area contributed by atoms with E-state index >= 15 is 0 Å². The summed E-state index contributed by atoms with van der Waals surface area (Å²) in [6.07, 6.45) is 4.83. The number of aromatic nitrogens is 6. The Bertz CT molecular complexity index is 1300. The molecule has 1 saturated heterocycles. The maximum absolute atomic E-state index is 13.6. The van der Waals surface area contributed by atoms with E-state index in [0.717, 1.165) is 19.3 Å². The van der Waals surface area contributed by atoms with Crippen molar-refractivity contribution in [2.75, 3.05) is 14.2 Å². The second-order valence-corrected chi connectivity index (χ2v) is 11.8. The van der Waals surface area contributed by atoms with Crippen LogP contribution in [0.4, 0.5) is 0 Å². The molecule has 11 nitrogen and oxygen atoms in total. The predicted octanol–water partition coefficient (Wildman–Crippen LogP) is 3.44. The maximum atomic E-state index is 13.6. The first-order valence-electron chi connectivity index (χ1n) is 12.0. The highest BCUT2D eigenvalue weighted by molar-refractivity contribution is 7.91. The Morgan fingerprint density at radius 2 is 1.95 bits per heavy atom. The van der Waals surface area contributed by atoms with E-state index in [2.05, 4.69) is 25.1 Å². The average molecular weight is 551 g/mol. The van der Waals surface area contributed by atoms with Crippen LogP contribution in [0.2, 0.25) is 5.02 Å². The lowest BCUT2D eigenvalue weighted by molar-refractivity contribution is -0.0472. The molecule has 3 aromatic rings. The highest BCUT2D eigenvalue weighted by atomic mass is 35.5. The number of pyridine rings is 1. The quantitative estimate of drug-likeness (QED) is 0.370. The summed E-state index contributed by atoms with van der Waals surface area (Å²) in [6.45, 7) is 4.01. The van der Waals surface area contributed by atoms with Gasteiger partial charge in [-0.05, 0) is 39.2 Å². The van der Waals surface area contributed by atoms with Gasteiger partial charge in [0.25, 0.3) is 0 Å². The van der Waals surface area contributed by atoms with Crippen molar-refractivity contribution < 1.29 is 22.6 Å². The lowest BCUT2D eigenvalue weighted by Gasteiger charge is -2.29. The number of ether oxygens (including phenoxy) is 3. The van der Waals surface area contributed by atoms with Crippen LogP contribution in [0, 0.1) is 0 Å². The second-order valence-electron chi connectivity index (χ2n) is 9.04. The van der Waals surface area contributed by atoms with Crippen molar-refractivity contribution in [3.63, 3.8) is 0 Å². The summed E-state index contributed by atoms with van der Waals surface area (Å²) < 4.78 is 45.8. The molecule has 0 amide bonds. The summed E-state index contributed by atoms with van der Waals surface area (Å²) in [5.74, 6) is 1.03. The standard InChI is InChI=1S/C24H31ClN6O5S/c1-15-7-5-8-18(36-15)13-31-20(29-30-24(31)19-9-6-10-21(28-19)34-3)14-37(32,33)16(2)22(35-4)23-26-11-17(25)12-27-23/h6,9-12,15-16,18,22H,5,7-8,13-14H2,1-4H3/t15-,16-,18+,22-/m0/s1. The van der Waals surface area contributed by atoms with Crippen LogP contribution in [0.5, 0.6) is 5.88 Å². The largest absolute Gasteiger partial charge is 0.481 e. The predicted molar refractivity (Wildman–Crippen MR) is 137 cm³/mol. The van der Waals surface area contributed by atoms with E-state index in [1.54, 1.807) is 29.7 Å². The van der Waals surface area contributed by atoms with Gasteiger partial charge >= 0.3 is 0 Å². The van der Waals surface area contributed by atoms with Gasteiger partial charge < -0.3 is 18.8 Å². The molecule has 0 N–H and O–H groups in total. The molecule has 0 unspecified atom stereocenters. The third kappa shape index (κ3) is 6.43. The molecule has 4 heterocycles. The monoisotopic (exact) mass is 550 g/mol. The summed E-state index contributed by atoms with van der Waals surface area (Å²) in [7, 11) is -0.832. The van der Waals surface area contributed by atoms with E-state index in [1.165, 1.54) is 26.6 Å². The molecule has 4 atom stereocenters. The maximum Gasteiger partial charge on any atom is 0.213 e. The molecule has 1 aliphatic rings. The highest BCUT2D eigenvalue weighted by Gasteiger charge is 2.35. The van der Waals surface area contributed by atoms with Gasteiger partial charge in [0.15, 0.2) is 21.5 Å². The molecule has 37 heavy (non-hydrogen) atoms. The molecule has 3 aromatic heterocycles. The van der Waals surface area contributed by atoms with Gasteiger partial charge in [0.2, 0.25) is 5.88 Å². The van der Waals surface area contributed by atoms with Crippen LogP contribution in [-0.2, 0) is 31.6 Å². The second kappa shape index (κ2) is 11.8. The van der Waals surface area contributed by atoms with E-state index in [0.29, 0.717) is 34.8 Å². The van der Waals surface area contributed by atoms with E-state index in [-0.39, 0.29) is 23.8 Å². The normalized spacial score (nSPS) is 19.9. The fraction of sp³-hybridized carbons (Fsp3) is 0.542. The number of hydrogen-bond donors (Lipinski definition) is 0. The van der Waals surface area contributed by atoms with Crippen LogP contribution in [0.25, 0.3) is 11.5 Å². The van der Waals surface area contributed by atoms with Crippen LogP contribution in [0.1, 0.15) is 50.9 Å². The fourth-order valence-corrected chi connectivity index (χ4v) is 5.93. The lowest BCUT2D eigenvalue weighted by Crippen LogP contribution is -2.32. The van der Waals surface area contributed by atoms with Crippen molar-refractivity contribution in [1.29, 1.82) is 0 Å². The first kappa shape index (κ1) is 27.4. The number of methoxy groups -OCH3 is 2. The van der Waals surface area contributed by atoms with Crippen molar-refractivity contribution in [2.24, 2.45) is 0 Å². The van der Waals surface area contributed by atoms with Gasteiger partial charge in [-0.25, -0.2) is 23.4 Å². The number of sulfone groups is 1. The summed E-state index contributed by atoms with van der Waals surface area (Å²) in [5, 5.41) is 7.99. The topological polar surface area (TPSA) is 131 Å². The zero-order chi connectivity index (χ0) is 26.6. The molecule has 0 spiro atoms. The van der Waals surface area contributed by atoms with Crippen molar-refractivity contribution >= 4 is 21.4 Å². The Balaban J connectivity index is 1.67. The number of nitrogens with zero attached hydrogens (tertiary/aromatic N) is 6. The molecule has 0 radical (unpaired) electrons. The van der Waals surface area contributed by atoms with Gasteiger partial charge in [-0.1, -0.05) is 17.7 Å².